The lowest BCUT2D eigenvalue weighted by atomic mass is 9.91. The average molecular weight is 309 g/mol. The number of nitrogens with two attached hydrogens (primary N) is 1. The van der Waals surface area contributed by atoms with Crippen molar-refractivity contribution >= 4 is 34.6 Å². The zero-order valence-electron chi connectivity index (χ0n) is 12.4. The van der Waals surface area contributed by atoms with Gasteiger partial charge in [-0.2, -0.15) is 0 Å². The molecular formula is C15H19NO4S. The van der Waals surface area contributed by atoms with Crippen LogP contribution in [0.4, 0.5) is 0 Å². The first-order valence-corrected chi connectivity index (χ1v) is 7.53. The largest absolute Gasteiger partial charge is 0.369 e. The van der Waals surface area contributed by atoms with Gasteiger partial charge in [-0.1, -0.05) is 0 Å². The molecule has 114 valence electrons. The van der Waals surface area contributed by atoms with Gasteiger partial charge in [-0.05, 0) is 27.2 Å². The Balaban J connectivity index is 2.90. The summed E-state index contributed by atoms with van der Waals surface area (Å²) >= 11 is 1.33. The molecule has 1 atom stereocenters. The van der Waals surface area contributed by atoms with Crippen LogP contribution in [0.3, 0.4) is 0 Å². The van der Waals surface area contributed by atoms with E-state index in [1.807, 2.05) is 0 Å². The van der Waals surface area contributed by atoms with Gasteiger partial charge in [0.1, 0.15) is 5.78 Å². The van der Waals surface area contributed by atoms with Gasteiger partial charge in [0.05, 0.1) is 0 Å². The van der Waals surface area contributed by atoms with Crippen molar-refractivity contribution in [2.75, 3.05) is 0 Å². The number of hydrogen-bond donors (Lipinski definition) is 1. The quantitative estimate of drug-likeness (QED) is 0.745. The van der Waals surface area contributed by atoms with Gasteiger partial charge >= 0.3 is 0 Å². The number of Topliss-reactive ketones (excluding diaryl/α,β-unsaturated/α-hetero) is 3. The monoisotopic (exact) mass is 309 g/mol. The lowest BCUT2D eigenvalue weighted by Crippen LogP contribution is -2.26. The van der Waals surface area contributed by atoms with Crippen LogP contribution in [0, 0.1) is 12.8 Å². The van der Waals surface area contributed by atoms with Crippen molar-refractivity contribution in [1.82, 2.24) is 0 Å². The number of thiophene rings is 1. The molecule has 0 aromatic carbocycles. The van der Waals surface area contributed by atoms with E-state index in [0.717, 1.165) is 4.88 Å². The normalized spacial score (nSPS) is 12.0. The minimum absolute atomic E-state index is 0.0514. The molecule has 5 nitrogen and oxygen atoms in total. The third kappa shape index (κ3) is 4.60. The molecule has 0 spiro atoms. The van der Waals surface area contributed by atoms with E-state index in [-0.39, 0.29) is 36.6 Å². The van der Waals surface area contributed by atoms with E-state index in [2.05, 4.69) is 0 Å². The number of rotatable bonds is 8. The molecule has 0 aliphatic rings. The number of primary amides is 1. The minimum atomic E-state index is -0.679. The number of aryl methyl sites for hydroxylation is 1. The van der Waals surface area contributed by atoms with Crippen LogP contribution in [-0.4, -0.2) is 23.3 Å². The zero-order chi connectivity index (χ0) is 16.2. The second kappa shape index (κ2) is 7.26. The molecule has 2 N–H and O–H groups in total. The molecule has 1 aromatic heterocycles. The van der Waals surface area contributed by atoms with Gasteiger partial charge in [0.25, 0.3) is 0 Å². The van der Waals surface area contributed by atoms with Crippen LogP contribution in [0.15, 0.2) is 5.38 Å². The van der Waals surface area contributed by atoms with E-state index in [0.29, 0.717) is 11.1 Å². The van der Waals surface area contributed by atoms with Gasteiger partial charge in [-0.15, -0.1) is 11.3 Å². The second-order valence-corrected chi connectivity index (χ2v) is 6.19. The van der Waals surface area contributed by atoms with Crippen molar-refractivity contribution in [3.63, 3.8) is 0 Å². The van der Waals surface area contributed by atoms with E-state index in [9.17, 15) is 19.2 Å². The highest BCUT2D eigenvalue weighted by atomic mass is 32.1. The van der Waals surface area contributed by atoms with E-state index in [4.69, 9.17) is 5.73 Å². The van der Waals surface area contributed by atoms with Crippen molar-refractivity contribution < 1.29 is 19.2 Å². The van der Waals surface area contributed by atoms with Gasteiger partial charge in [0.15, 0.2) is 11.6 Å². The van der Waals surface area contributed by atoms with Crippen LogP contribution in [0.25, 0.3) is 0 Å². The Hall–Kier alpha value is -1.82. The molecule has 0 aliphatic carbocycles. The van der Waals surface area contributed by atoms with Crippen LogP contribution in [0.1, 0.15) is 58.7 Å². The molecule has 21 heavy (non-hydrogen) atoms. The number of carbonyl (C=O) groups is 4. The van der Waals surface area contributed by atoms with Gasteiger partial charge in [-0.3, -0.25) is 14.4 Å². The fraction of sp³-hybridized carbons (Fsp3) is 0.467. The second-order valence-electron chi connectivity index (χ2n) is 5.10. The highest BCUT2D eigenvalue weighted by molar-refractivity contribution is 7.10. The summed E-state index contributed by atoms with van der Waals surface area (Å²) in [7, 11) is 0. The highest BCUT2D eigenvalue weighted by Crippen LogP contribution is 2.25. The van der Waals surface area contributed by atoms with E-state index >= 15 is 0 Å². The Labute approximate surface area is 127 Å². The number of carbonyl (C=O) groups excluding carboxylic acids is 4. The summed E-state index contributed by atoms with van der Waals surface area (Å²) in [6.07, 6.45) is 0.400. The Kier molecular flexibility index (Phi) is 5.96. The number of amides is 1. The number of hydrogen-bond acceptors (Lipinski definition) is 5. The molecule has 6 heteroatoms. The molecule has 1 unspecified atom stereocenters. The smallest absolute Gasteiger partial charge is 0.221 e. The Bertz CT molecular complexity index is 588. The summed E-state index contributed by atoms with van der Waals surface area (Å²) < 4.78 is 0. The third-order valence-corrected chi connectivity index (χ3v) is 4.22. The van der Waals surface area contributed by atoms with E-state index in [1.54, 1.807) is 12.3 Å². The summed E-state index contributed by atoms with van der Waals surface area (Å²) in [4.78, 5) is 47.1. The van der Waals surface area contributed by atoms with Gasteiger partial charge < -0.3 is 10.5 Å². The predicted molar refractivity (Wildman–Crippen MR) is 80.6 cm³/mol. The number of ketones is 3. The van der Waals surface area contributed by atoms with Gasteiger partial charge in [0, 0.05) is 40.1 Å². The first-order valence-electron chi connectivity index (χ1n) is 6.65. The standard InChI is InChI=1S/C15H19NO4S/c1-8(17)4-5-11(15(16)20)6-13(19)12-7-21-10(3)14(12)9(2)18/h7,11H,4-6H2,1-3H3,(H2,16,20). The van der Waals surface area contributed by atoms with Crippen molar-refractivity contribution in [3.8, 4) is 0 Å². The van der Waals surface area contributed by atoms with Crippen LogP contribution < -0.4 is 5.73 Å². The lowest BCUT2D eigenvalue weighted by molar-refractivity contribution is -0.122. The van der Waals surface area contributed by atoms with Crippen LogP contribution >= 0.6 is 11.3 Å². The SMILES string of the molecule is CC(=O)CCC(CC(=O)c1csc(C)c1C(C)=O)C(N)=O. The molecule has 0 radical (unpaired) electrons. The van der Waals surface area contributed by atoms with E-state index in [1.165, 1.54) is 25.2 Å². The molecule has 1 amide bonds. The topological polar surface area (TPSA) is 94.3 Å². The maximum Gasteiger partial charge on any atom is 0.221 e. The Morgan fingerprint density at radius 2 is 1.86 bits per heavy atom. The summed E-state index contributed by atoms with van der Waals surface area (Å²) in [5.41, 5.74) is 6.05. The Morgan fingerprint density at radius 1 is 1.24 bits per heavy atom. The van der Waals surface area contributed by atoms with Gasteiger partial charge in [-0.25, -0.2) is 0 Å². The molecule has 1 aromatic rings. The fourth-order valence-corrected chi connectivity index (χ4v) is 3.07. The third-order valence-electron chi connectivity index (χ3n) is 3.31. The first kappa shape index (κ1) is 17.2. The minimum Gasteiger partial charge on any atom is -0.369 e. The van der Waals surface area contributed by atoms with Crippen LogP contribution in [0.5, 0.6) is 0 Å². The molecule has 1 rings (SSSR count). The molecule has 1 heterocycles. The molecule has 0 fully saturated rings. The lowest BCUT2D eigenvalue weighted by Gasteiger charge is -2.11. The van der Waals surface area contributed by atoms with Crippen molar-refractivity contribution in [2.45, 2.75) is 40.0 Å². The van der Waals surface area contributed by atoms with E-state index < -0.39 is 11.8 Å². The Morgan fingerprint density at radius 3 is 2.33 bits per heavy atom. The summed E-state index contributed by atoms with van der Waals surface area (Å²) in [5.74, 6) is -1.78. The molecule has 0 saturated carbocycles. The van der Waals surface area contributed by atoms with Crippen LogP contribution in [0.2, 0.25) is 0 Å². The first-order chi connectivity index (χ1) is 9.73. The van der Waals surface area contributed by atoms with Crippen LogP contribution in [-0.2, 0) is 9.59 Å². The van der Waals surface area contributed by atoms with Crippen molar-refractivity contribution in [1.29, 1.82) is 0 Å². The maximum atomic E-state index is 12.3. The van der Waals surface area contributed by atoms with Crippen molar-refractivity contribution in [2.24, 2.45) is 11.7 Å². The highest BCUT2D eigenvalue weighted by Gasteiger charge is 2.24. The average Bonchev–Trinajstić information content (AvgIpc) is 2.75. The van der Waals surface area contributed by atoms with Crippen molar-refractivity contribution in [3.05, 3.63) is 21.4 Å². The molecular weight excluding hydrogens is 290 g/mol. The summed E-state index contributed by atoms with van der Waals surface area (Å²) in [5, 5.41) is 1.64. The predicted octanol–water partition coefficient (Wildman–Crippen LogP) is 2.30. The molecule has 0 saturated heterocycles. The summed E-state index contributed by atoms with van der Waals surface area (Å²) in [6.45, 7) is 4.61. The molecule has 0 aliphatic heterocycles. The fourth-order valence-electron chi connectivity index (χ4n) is 2.15. The molecule has 0 bridgehead atoms. The maximum absolute atomic E-state index is 12.3. The zero-order valence-corrected chi connectivity index (χ0v) is 13.2. The summed E-state index contributed by atoms with van der Waals surface area (Å²) in [6, 6.07) is 0. The van der Waals surface area contributed by atoms with Gasteiger partial charge in [0.2, 0.25) is 5.91 Å².